The fourth-order valence-corrected chi connectivity index (χ4v) is 8.55. The molecule has 2 spiro atoms. The molecule has 2 heterocycles. The van der Waals surface area contributed by atoms with Gasteiger partial charge in [0, 0.05) is 34.8 Å². The first kappa shape index (κ1) is 28.9. The summed E-state index contributed by atoms with van der Waals surface area (Å²) in [6, 6.07) is 9.30. The monoisotopic (exact) mass is 601 g/mol. The van der Waals surface area contributed by atoms with Gasteiger partial charge in [0.15, 0.2) is 0 Å². The molecule has 2 aromatic rings. The normalized spacial score (nSPS) is 31.7. The number of benzene rings is 2. The zero-order valence-electron chi connectivity index (χ0n) is 23.5. The molecular weight excluding hydrogens is 564 g/mol. The van der Waals surface area contributed by atoms with Gasteiger partial charge in [-0.25, -0.2) is 4.39 Å². The number of carbonyl (C=O) groups is 2. The molecule has 3 fully saturated rings. The summed E-state index contributed by atoms with van der Waals surface area (Å²) < 4.78 is 16.0. The third kappa shape index (κ3) is 4.59. The van der Waals surface area contributed by atoms with E-state index < -0.39 is 28.7 Å². The number of carbonyl (C=O) groups excluding carboxylic acids is 2. The lowest BCUT2D eigenvalue weighted by Gasteiger charge is -2.50. The van der Waals surface area contributed by atoms with Crippen LogP contribution in [0.2, 0.25) is 10.0 Å². The van der Waals surface area contributed by atoms with E-state index in [1.54, 1.807) is 24.3 Å². The molecule has 41 heavy (non-hydrogen) atoms. The first-order chi connectivity index (χ1) is 19.5. The van der Waals surface area contributed by atoms with Crippen molar-refractivity contribution >= 4 is 40.7 Å². The third-order valence-corrected chi connectivity index (χ3v) is 11.0. The zero-order valence-corrected chi connectivity index (χ0v) is 25.0. The Labute approximate surface area is 250 Å². The highest BCUT2D eigenvalue weighted by molar-refractivity contribution is 6.31. The van der Waals surface area contributed by atoms with Gasteiger partial charge in [0.2, 0.25) is 11.8 Å². The molecule has 220 valence electrons. The van der Waals surface area contributed by atoms with Crippen molar-refractivity contribution in [3.05, 3.63) is 63.4 Å². The van der Waals surface area contributed by atoms with Crippen LogP contribution < -0.4 is 16.0 Å². The van der Waals surface area contributed by atoms with E-state index in [0.29, 0.717) is 23.6 Å². The average Bonchev–Trinajstić information content (AvgIpc) is 3.40. The van der Waals surface area contributed by atoms with E-state index in [1.165, 1.54) is 6.07 Å². The molecule has 2 saturated carbocycles. The second-order valence-corrected chi connectivity index (χ2v) is 14.2. The predicted molar refractivity (Wildman–Crippen MR) is 159 cm³/mol. The first-order valence-electron chi connectivity index (χ1n) is 14.8. The van der Waals surface area contributed by atoms with Crippen LogP contribution in [0.1, 0.15) is 82.3 Å². The minimum Gasteiger partial charge on any atom is -0.396 e. The quantitative estimate of drug-likeness (QED) is 0.341. The molecule has 3 atom stereocenters. The Balaban J connectivity index is 1.51. The third-order valence-electron chi connectivity index (χ3n) is 10.5. The first-order valence-corrected chi connectivity index (χ1v) is 15.5. The van der Waals surface area contributed by atoms with Crippen molar-refractivity contribution < 1.29 is 19.1 Å². The summed E-state index contributed by atoms with van der Waals surface area (Å²) in [7, 11) is 0. The molecule has 0 aromatic heterocycles. The largest absolute Gasteiger partial charge is 0.396 e. The summed E-state index contributed by atoms with van der Waals surface area (Å²) in [4.78, 5) is 28.8. The highest BCUT2D eigenvalue weighted by Gasteiger charge is 2.73. The van der Waals surface area contributed by atoms with Gasteiger partial charge >= 0.3 is 0 Å². The number of hydrogen-bond acceptors (Lipinski definition) is 4. The maximum absolute atomic E-state index is 16.0. The second kappa shape index (κ2) is 10.5. The Kier molecular flexibility index (Phi) is 7.41. The van der Waals surface area contributed by atoms with Gasteiger partial charge < -0.3 is 15.7 Å². The Hall–Kier alpha value is -2.19. The number of anilines is 1. The SMILES string of the molecule is CC1(C)CCC2(CC1)N[C@@H](C(=O)N[C@H]1CC[C@@H](CO)CC1)[C@H](c1cccc(Cl)c1F)[C@]21C(=O)Nc2cc(Cl)ccc21. The van der Waals surface area contributed by atoms with Crippen LogP contribution >= 0.6 is 23.2 Å². The zero-order chi connectivity index (χ0) is 29.2. The molecule has 0 radical (unpaired) electrons. The van der Waals surface area contributed by atoms with Gasteiger partial charge in [0.25, 0.3) is 0 Å². The number of rotatable bonds is 4. The van der Waals surface area contributed by atoms with Crippen LogP contribution in [0.4, 0.5) is 10.1 Å². The van der Waals surface area contributed by atoms with Crippen molar-refractivity contribution in [2.75, 3.05) is 11.9 Å². The van der Waals surface area contributed by atoms with Crippen LogP contribution in [0.15, 0.2) is 36.4 Å². The highest BCUT2D eigenvalue weighted by atomic mass is 35.5. The lowest BCUT2D eigenvalue weighted by atomic mass is 9.53. The number of nitrogens with one attached hydrogen (secondary N) is 3. The van der Waals surface area contributed by atoms with Crippen LogP contribution in [-0.4, -0.2) is 41.2 Å². The molecule has 1 saturated heterocycles. The number of hydrogen-bond donors (Lipinski definition) is 4. The van der Waals surface area contributed by atoms with Crippen molar-refractivity contribution in [2.24, 2.45) is 11.3 Å². The maximum Gasteiger partial charge on any atom is 0.238 e. The van der Waals surface area contributed by atoms with Crippen molar-refractivity contribution in [1.82, 2.24) is 10.6 Å². The van der Waals surface area contributed by atoms with E-state index >= 15 is 4.39 Å². The van der Waals surface area contributed by atoms with Crippen molar-refractivity contribution in [3.63, 3.8) is 0 Å². The van der Waals surface area contributed by atoms with E-state index in [4.69, 9.17) is 23.2 Å². The fraction of sp³-hybridized carbons (Fsp3) is 0.562. The number of aliphatic hydroxyl groups is 1. The van der Waals surface area contributed by atoms with E-state index in [2.05, 4.69) is 29.8 Å². The number of aliphatic hydroxyl groups excluding tert-OH is 1. The van der Waals surface area contributed by atoms with Crippen LogP contribution in [0.5, 0.6) is 0 Å². The maximum atomic E-state index is 16.0. The molecule has 2 aliphatic carbocycles. The molecule has 6 rings (SSSR count). The number of fused-ring (bicyclic) bond motifs is 3. The predicted octanol–water partition coefficient (Wildman–Crippen LogP) is 6.08. The Morgan fingerprint density at radius 2 is 1.78 bits per heavy atom. The van der Waals surface area contributed by atoms with Crippen molar-refractivity contribution in [3.8, 4) is 0 Å². The van der Waals surface area contributed by atoms with Gasteiger partial charge in [-0.1, -0.05) is 55.2 Å². The fourth-order valence-electron chi connectivity index (χ4n) is 8.20. The van der Waals surface area contributed by atoms with Gasteiger partial charge in [0.05, 0.1) is 11.1 Å². The summed E-state index contributed by atoms with van der Waals surface area (Å²) >= 11 is 12.7. The summed E-state index contributed by atoms with van der Waals surface area (Å²) in [5.74, 6) is -1.68. The molecule has 2 aliphatic heterocycles. The van der Waals surface area contributed by atoms with E-state index in [0.717, 1.165) is 44.1 Å². The van der Waals surface area contributed by atoms with Gasteiger partial charge in [-0.15, -0.1) is 0 Å². The van der Waals surface area contributed by atoms with Crippen LogP contribution in [0.3, 0.4) is 0 Å². The molecule has 0 unspecified atom stereocenters. The lowest BCUT2D eigenvalue weighted by molar-refractivity contribution is -0.125. The Morgan fingerprint density at radius 3 is 2.46 bits per heavy atom. The number of halogens is 3. The summed E-state index contributed by atoms with van der Waals surface area (Å²) in [6.45, 7) is 4.61. The summed E-state index contributed by atoms with van der Waals surface area (Å²) in [6.07, 6.45) is 6.22. The van der Waals surface area contributed by atoms with Gasteiger partial charge in [-0.2, -0.15) is 0 Å². The summed E-state index contributed by atoms with van der Waals surface area (Å²) in [5.41, 5.74) is -0.373. The molecule has 9 heteroatoms. The molecule has 4 aliphatic rings. The second-order valence-electron chi connectivity index (χ2n) is 13.3. The Bertz CT molecular complexity index is 1370. The highest BCUT2D eigenvalue weighted by Crippen LogP contribution is 2.64. The lowest BCUT2D eigenvalue weighted by Crippen LogP contribution is -2.61. The van der Waals surface area contributed by atoms with E-state index in [-0.39, 0.29) is 46.4 Å². The molecule has 4 N–H and O–H groups in total. The summed E-state index contributed by atoms with van der Waals surface area (Å²) in [5, 5.41) is 20.0. The number of amides is 2. The Morgan fingerprint density at radius 1 is 1.07 bits per heavy atom. The van der Waals surface area contributed by atoms with Gasteiger partial charge in [0.1, 0.15) is 11.2 Å². The molecular formula is C32H38Cl2FN3O3. The molecule has 2 aromatic carbocycles. The van der Waals surface area contributed by atoms with Crippen molar-refractivity contribution in [2.45, 2.75) is 94.2 Å². The van der Waals surface area contributed by atoms with E-state index in [1.807, 2.05) is 6.07 Å². The van der Waals surface area contributed by atoms with Gasteiger partial charge in [-0.3, -0.25) is 14.9 Å². The molecule has 6 nitrogen and oxygen atoms in total. The molecule has 0 bridgehead atoms. The average molecular weight is 603 g/mol. The van der Waals surface area contributed by atoms with Crippen molar-refractivity contribution in [1.29, 1.82) is 0 Å². The standard InChI is InChI=1S/C32H38Cl2FN3O3/c1-30(2)12-14-31(15-13-30)32(22-11-8-19(33)16-24(22)37-29(32)41)25(21-4-3-5-23(34)26(21)35)27(38-31)28(40)36-20-9-6-18(17-39)7-10-20/h3-5,8,11,16,18,20,25,27,38-39H,6-7,9-10,12-15,17H2,1-2H3,(H,36,40)(H,37,41)/t18-,20+,25-,27+,32+/m0/s1. The molecule has 2 amide bonds. The van der Waals surface area contributed by atoms with Crippen LogP contribution in [-0.2, 0) is 15.0 Å². The van der Waals surface area contributed by atoms with Gasteiger partial charge in [-0.05, 0) is 92.0 Å². The minimum absolute atomic E-state index is 0.0420. The topological polar surface area (TPSA) is 90.5 Å². The van der Waals surface area contributed by atoms with Crippen LogP contribution in [0, 0.1) is 17.2 Å². The van der Waals surface area contributed by atoms with E-state index in [9.17, 15) is 14.7 Å². The minimum atomic E-state index is -1.26. The smallest absolute Gasteiger partial charge is 0.238 e. The van der Waals surface area contributed by atoms with Crippen LogP contribution in [0.25, 0.3) is 0 Å².